The van der Waals surface area contributed by atoms with Gasteiger partial charge in [-0.25, -0.2) is 9.38 Å². The van der Waals surface area contributed by atoms with Crippen molar-refractivity contribution < 1.29 is 9.13 Å². The molecule has 0 aliphatic carbocycles. The Bertz CT molecular complexity index is 791. The third-order valence-electron chi connectivity index (χ3n) is 5.25. The van der Waals surface area contributed by atoms with E-state index in [9.17, 15) is 4.39 Å². The Morgan fingerprint density at radius 2 is 1.73 bits per heavy atom. The first-order valence-electron chi connectivity index (χ1n) is 10.9. The normalized spacial score (nSPS) is 16.1. The van der Waals surface area contributed by atoms with Crippen molar-refractivity contribution in [1.82, 2.24) is 4.90 Å². The highest BCUT2D eigenvalue weighted by Gasteiger charge is 2.09. The Morgan fingerprint density at radius 1 is 0.967 bits per heavy atom. The number of thioether (sulfide) groups is 1. The topological polar surface area (TPSA) is 50.9 Å². The molecule has 0 spiro atoms. The number of nitrogens with two attached hydrogens (primary N) is 1. The van der Waals surface area contributed by atoms with Crippen LogP contribution >= 0.6 is 11.8 Å². The summed E-state index contributed by atoms with van der Waals surface area (Å²) in [6.45, 7) is 4.53. The van der Waals surface area contributed by atoms with E-state index >= 15 is 0 Å². The van der Waals surface area contributed by atoms with E-state index in [0.717, 1.165) is 30.2 Å². The number of aliphatic imine (C=N–C) groups is 1. The summed E-state index contributed by atoms with van der Waals surface area (Å²) in [5, 5.41) is 0.670. The number of amidine groups is 1. The van der Waals surface area contributed by atoms with Crippen LogP contribution in [0.4, 0.5) is 10.1 Å². The molecule has 2 N–H and O–H groups in total. The highest BCUT2D eigenvalue weighted by molar-refractivity contribution is 8.13. The zero-order valence-electron chi connectivity index (χ0n) is 17.6. The molecule has 2 aromatic carbocycles. The van der Waals surface area contributed by atoms with E-state index in [1.54, 1.807) is 23.9 Å². The van der Waals surface area contributed by atoms with Gasteiger partial charge in [0.15, 0.2) is 5.17 Å². The summed E-state index contributed by atoms with van der Waals surface area (Å²) in [5.74, 6) is 1.50. The monoisotopic (exact) mass is 429 g/mol. The van der Waals surface area contributed by atoms with Crippen LogP contribution in [0.5, 0.6) is 5.75 Å². The first-order chi connectivity index (χ1) is 14.7. The second kappa shape index (κ2) is 12.6. The van der Waals surface area contributed by atoms with Crippen LogP contribution < -0.4 is 10.5 Å². The van der Waals surface area contributed by atoms with Gasteiger partial charge < -0.3 is 15.4 Å². The van der Waals surface area contributed by atoms with Crippen LogP contribution in [-0.2, 0) is 5.75 Å². The van der Waals surface area contributed by atoms with Crippen molar-refractivity contribution in [3.63, 3.8) is 0 Å². The summed E-state index contributed by atoms with van der Waals surface area (Å²) in [4.78, 5) is 6.78. The molecule has 0 aromatic heterocycles. The highest BCUT2D eigenvalue weighted by Crippen LogP contribution is 2.28. The zero-order valence-corrected chi connectivity index (χ0v) is 18.4. The number of piperidine rings is 1. The van der Waals surface area contributed by atoms with Crippen molar-refractivity contribution in [2.75, 3.05) is 26.2 Å². The molecule has 0 saturated carbocycles. The van der Waals surface area contributed by atoms with Crippen LogP contribution in [0.15, 0.2) is 53.5 Å². The number of likely N-dealkylation sites (tertiary alicyclic amines) is 1. The fourth-order valence-corrected chi connectivity index (χ4v) is 4.27. The zero-order chi connectivity index (χ0) is 21.0. The summed E-state index contributed by atoms with van der Waals surface area (Å²) in [6.07, 6.45) is 7.68. The van der Waals surface area contributed by atoms with Crippen LogP contribution in [-0.4, -0.2) is 36.3 Å². The smallest absolute Gasteiger partial charge is 0.159 e. The number of nitrogens with zero attached hydrogens (tertiary/aromatic N) is 2. The Balaban J connectivity index is 0.000000196. The standard InChI is InChI=1S/C16H24FNO.C8H8N2S/c17-15-7-9-16(10-8-15)19-14-6-2-5-13-18-11-3-1-4-12-18;9-8-10-7-4-2-1-3-6(7)5-11-8/h7-10H,1-6,11-14H2;1-4H,5H2,(H2,9,10). The number of halogens is 1. The minimum Gasteiger partial charge on any atom is -0.494 e. The molecule has 6 heteroatoms. The lowest BCUT2D eigenvalue weighted by molar-refractivity contribution is 0.221. The van der Waals surface area contributed by atoms with Crippen LogP contribution in [0.3, 0.4) is 0 Å². The van der Waals surface area contributed by atoms with E-state index in [1.165, 1.54) is 69.4 Å². The summed E-state index contributed by atoms with van der Waals surface area (Å²) >= 11 is 1.59. The van der Waals surface area contributed by atoms with Crippen LogP contribution in [0, 0.1) is 5.82 Å². The maximum atomic E-state index is 12.7. The van der Waals surface area contributed by atoms with E-state index in [1.807, 2.05) is 18.2 Å². The molecule has 2 heterocycles. The number of fused-ring (bicyclic) bond motifs is 1. The molecular weight excluding hydrogens is 397 g/mol. The fraction of sp³-hybridized carbons (Fsp3) is 0.458. The molecular formula is C24H32FN3OS. The van der Waals surface area contributed by atoms with E-state index in [4.69, 9.17) is 10.5 Å². The van der Waals surface area contributed by atoms with E-state index < -0.39 is 0 Å². The molecule has 2 aromatic rings. The predicted molar refractivity (Wildman–Crippen MR) is 125 cm³/mol. The summed E-state index contributed by atoms with van der Waals surface area (Å²) in [7, 11) is 0. The van der Waals surface area contributed by atoms with Gasteiger partial charge in [0.25, 0.3) is 0 Å². The van der Waals surface area contributed by atoms with E-state index in [2.05, 4.69) is 16.0 Å². The molecule has 0 atom stereocenters. The van der Waals surface area contributed by atoms with Crippen molar-refractivity contribution in [2.45, 2.75) is 44.3 Å². The fourth-order valence-electron chi connectivity index (χ4n) is 3.56. The maximum Gasteiger partial charge on any atom is 0.159 e. The molecule has 30 heavy (non-hydrogen) atoms. The molecule has 0 radical (unpaired) electrons. The third-order valence-corrected chi connectivity index (χ3v) is 6.09. The first kappa shape index (κ1) is 22.6. The van der Waals surface area contributed by atoms with Crippen molar-refractivity contribution in [1.29, 1.82) is 0 Å². The quantitative estimate of drug-likeness (QED) is 0.570. The molecule has 1 saturated heterocycles. The lowest BCUT2D eigenvalue weighted by atomic mass is 10.1. The van der Waals surface area contributed by atoms with Gasteiger partial charge in [-0.05, 0) is 87.6 Å². The average Bonchev–Trinajstić information content (AvgIpc) is 2.78. The Morgan fingerprint density at radius 3 is 2.53 bits per heavy atom. The molecule has 4 nitrogen and oxygen atoms in total. The van der Waals surface area contributed by atoms with Gasteiger partial charge in [0.1, 0.15) is 11.6 Å². The molecule has 162 valence electrons. The van der Waals surface area contributed by atoms with Crippen LogP contribution in [0.1, 0.15) is 44.1 Å². The average molecular weight is 430 g/mol. The molecule has 0 unspecified atom stereocenters. The Kier molecular flexibility index (Phi) is 9.51. The molecule has 0 bridgehead atoms. The number of benzene rings is 2. The molecule has 2 aliphatic heterocycles. The summed E-state index contributed by atoms with van der Waals surface area (Å²) in [6, 6.07) is 14.3. The van der Waals surface area contributed by atoms with Crippen molar-refractivity contribution in [3.8, 4) is 5.75 Å². The summed E-state index contributed by atoms with van der Waals surface area (Å²) < 4.78 is 18.3. The van der Waals surface area contributed by atoms with Gasteiger partial charge in [-0.1, -0.05) is 36.4 Å². The minimum atomic E-state index is -0.214. The predicted octanol–water partition coefficient (Wildman–Crippen LogP) is 5.74. The largest absolute Gasteiger partial charge is 0.494 e. The molecule has 2 aliphatic rings. The number of para-hydroxylation sites is 1. The second-order valence-electron chi connectivity index (χ2n) is 7.63. The van der Waals surface area contributed by atoms with Gasteiger partial charge in [-0.3, -0.25) is 0 Å². The highest BCUT2D eigenvalue weighted by atomic mass is 32.2. The Hall–Kier alpha value is -2.05. The number of unbranched alkanes of at least 4 members (excludes halogenated alkanes) is 2. The van der Waals surface area contributed by atoms with E-state index in [-0.39, 0.29) is 5.82 Å². The van der Waals surface area contributed by atoms with Crippen molar-refractivity contribution in [3.05, 3.63) is 59.9 Å². The van der Waals surface area contributed by atoms with Gasteiger partial charge in [-0.2, -0.15) is 0 Å². The van der Waals surface area contributed by atoms with Gasteiger partial charge in [0.2, 0.25) is 0 Å². The van der Waals surface area contributed by atoms with Gasteiger partial charge in [0, 0.05) is 5.75 Å². The van der Waals surface area contributed by atoms with Crippen molar-refractivity contribution in [2.24, 2.45) is 10.7 Å². The van der Waals surface area contributed by atoms with Crippen LogP contribution in [0.2, 0.25) is 0 Å². The molecule has 1 fully saturated rings. The number of hydrogen-bond donors (Lipinski definition) is 1. The minimum absolute atomic E-state index is 0.214. The number of ether oxygens (including phenoxy) is 1. The first-order valence-corrected chi connectivity index (χ1v) is 11.8. The SMILES string of the molecule is Fc1ccc(OCCCCCN2CCCCC2)cc1.NC1=Nc2ccccc2CS1. The van der Waals surface area contributed by atoms with E-state index in [0.29, 0.717) is 5.17 Å². The number of rotatable bonds is 7. The number of hydrogen-bond acceptors (Lipinski definition) is 5. The third kappa shape index (κ3) is 8.00. The maximum absolute atomic E-state index is 12.7. The second-order valence-corrected chi connectivity index (χ2v) is 8.63. The molecule has 4 rings (SSSR count). The van der Waals surface area contributed by atoms with Crippen LogP contribution in [0.25, 0.3) is 0 Å². The van der Waals surface area contributed by atoms with Crippen molar-refractivity contribution >= 4 is 22.6 Å². The summed E-state index contributed by atoms with van der Waals surface area (Å²) in [5.41, 5.74) is 7.85. The van der Waals surface area contributed by atoms with Gasteiger partial charge >= 0.3 is 0 Å². The molecule has 0 amide bonds. The van der Waals surface area contributed by atoms with Gasteiger partial charge in [-0.15, -0.1) is 0 Å². The van der Waals surface area contributed by atoms with Gasteiger partial charge in [0.05, 0.1) is 12.3 Å². The Labute approximate surface area is 183 Å². The lowest BCUT2D eigenvalue weighted by Crippen LogP contribution is -2.30. The lowest BCUT2D eigenvalue weighted by Gasteiger charge is -2.26.